The molecule has 0 saturated carbocycles. The molecule has 68 valence electrons. The molecule has 0 rings (SSSR count). The third kappa shape index (κ3) is 3.18. The van der Waals surface area contributed by atoms with Crippen LogP contribution in [0, 0.1) is 0 Å². The van der Waals surface area contributed by atoms with Crippen molar-refractivity contribution < 1.29 is 8.42 Å². The van der Waals surface area contributed by atoms with E-state index < -0.39 is 10.0 Å². The van der Waals surface area contributed by atoms with Gasteiger partial charge in [0.15, 0.2) is 0 Å². The molecule has 4 nitrogen and oxygen atoms in total. The maximum absolute atomic E-state index is 11.0. The van der Waals surface area contributed by atoms with Gasteiger partial charge in [-0.25, -0.2) is 12.7 Å². The zero-order valence-corrected chi connectivity index (χ0v) is 8.06. The molecule has 0 aromatic rings. The van der Waals surface area contributed by atoms with Crippen molar-refractivity contribution in [1.29, 1.82) is 0 Å². The molecule has 0 spiro atoms. The van der Waals surface area contributed by atoms with E-state index in [0.717, 1.165) is 6.42 Å². The van der Waals surface area contributed by atoms with Gasteiger partial charge >= 0.3 is 0 Å². The minimum absolute atomic E-state index is 0.0648. The second kappa shape index (κ2) is 4.04. The first-order valence-corrected chi connectivity index (χ1v) is 5.41. The van der Waals surface area contributed by atoms with E-state index in [1.54, 1.807) is 7.05 Å². The summed E-state index contributed by atoms with van der Waals surface area (Å²) in [5, 5.41) is 0. The summed E-state index contributed by atoms with van der Waals surface area (Å²) in [6.07, 6.45) is 1.94. The average Bonchev–Trinajstić information content (AvgIpc) is 1.88. The number of hydrogen-bond donors (Lipinski definition) is 1. The van der Waals surface area contributed by atoms with E-state index in [1.165, 1.54) is 10.6 Å². The Morgan fingerprint density at radius 2 is 2.00 bits per heavy atom. The molecule has 0 aromatic carbocycles. The Bertz CT molecular complexity index is 197. The van der Waals surface area contributed by atoms with E-state index >= 15 is 0 Å². The maximum atomic E-state index is 11.0. The van der Waals surface area contributed by atoms with Crippen molar-refractivity contribution in [1.82, 2.24) is 4.31 Å². The molecule has 1 atom stereocenters. The summed E-state index contributed by atoms with van der Waals surface area (Å²) in [6.45, 7) is 2.29. The third-order valence-electron chi connectivity index (χ3n) is 1.78. The van der Waals surface area contributed by atoms with Gasteiger partial charge in [0, 0.05) is 19.6 Å². The zero-order valence-electron chi connectivity index (χ0n) is 7.24. The minimum atomic E-state index is -3.07. The van der Waals surface area contributed by atoms with Crippen molar-refractivity contribution in [3.05, 3.63) is 0 Å². The molecule has 0 amide bonds. The lowest BCUT2D eigenvalue weighted by Gasteiger charge is -2.23. The lowest BCUT2D eigenvalue weighted by molar-refractivity contribution is 0.367. The van der Waals surface area contributed by atoms with E-state index in [0.29, 0.717) is 6.54 Å². The number of hydrogen-bond acceptors (Lipinski definition) is 3. The van der Waals surface area contributed by atoms with Crippen LogP contribution in [-0.4, -0.2) is 38.6 Å². The van der Waals surface area contributed by atoms with Gasteiger partial charge in [0.1, 0.15) is 0 Å². The Morgan fingerprint density at radius 3 is 2.09 bits per heavy atom. The van der Waals surface area contributed by atoms with Crippen molar-refractivity contribution in [2.24, 2.45) is 5.73 Å². The predicted octanol–water partition coefficient (Wildman–Crippen LogP) is -0.385. The molecule has 11 heavy (non-hydrogen) atoms. The van der Waals surface area contributed by atoms with Gasteiger partial charge in [-0.2, -0.15) is 0 Å². The number of nitrogens with two attached hydrogens (primary N) is 1. The molecule has 2 N–H and O–H groups in total. The van der Waals surface area contributed by atoms with Crippen molar-refractivity contribution >= 4 is 10.0 Å². The topological polar surface area (TPSA) is 63.4 Å². The van der Waals surface area contributed by atoms with E-state index in [2.05, 4.69) is 0 Å². The second-order valence-corrected chi connectivity index (χ2v) is 4.62. The molecule has 0 bridgehead atoms. The first-order valence-electron chi connectivity index (χ1n) is 3.56. The lowest BCUT2D eigenvalue weighted by Crippen LogP contribution is -2.40. The lowest BCUT2D eigenvalue weighted by atomic mass is 10.2. The van der Waals surface area contributed by atoms with Crippen LogP contribution in [0.3, 0.4) is 0 Å². The number of nitrogens with zero attached hydrogens (tertiary/aromatic N) is 1. The highest BCUT2D eigenvalue weighted by Gasteiger charge is 2.18. The van der Waals surface area contributed by atoms with Crippen LogP contribution in [0.15, 0.2) is 0 Å². The Kier molecular flexibility index (Phi) is 3.99. The summed E-state index contributed by atoms with van der Waals surface area (Å²) in [5.41, 5.74) is 5.37. The fourth-order valence-corrected chi connectivity index (χ4v) is 1.62. The van der Waals surface area contributed by atoms with Gasteiger partial charge in [-0.05, 0) is 6.42 Å². The smallest absolute Gasteiger partial charge is 0.211 e. The van der Waals surface area contributed by atoms with Gasteiger partial charge in [0.05, 0.1) is 6.26 Å². The zero-order chi connectivity index (χ0) is 9.07. The molecule has 5 heteroatoms. The minimum Gasteiger partial charge on any atom is -0.329 e. The molecular formula is C6H16N2O2S. The predicted molar refractivity (Wildman–Crippen MR) is 45.7 cm³/mol. The highest BCUT2D eigenvalue weighted by molar-refractivity contribution is 7.88. The fraction of sp³-hybridized carbons (Fsp3) is 1.00. The van der Waals surface area contributed by atoms with E-state index in [9.17, 15) is 8.42 Å². The highest BCUT2D eigenvalue weighted by atomic mass is 32.2. The Hall–Kier alpha value is -0.130. The number of likely N-dealkylation sites (N-methyl/N-ethyl adjacent to an activating group) is 1. The summed E-state index contributed by atoms with van der Waals surface area (Å²) < 4.78 is 23.2. The Labute approximate surface area is 68.4 Å². The van der Waals surface area contributed by atoms with Gasteiger partial charge in [-0.15, -0.1) is 0 Å². The average molecular weight is 180 g/mol. The molecule has 0 aliphatic carbocycles. The van der Waals surface area contributed by atoms with Crippen molar-refractivity contribution in [3.63, 3.8) is 0 Å². The quantitative estimate of drug-likeness (QED) is 0.641. The summed E-state index contributed by atoms with van der Waals surface area (Å²) in [5.74, 6) is 0. The third-order valence-corrected chi connectivity index (χ3v) is 3.13. The standard InChI is InChI=1S/C6H16N2O2S/c1-4-6(5-7)8(2)11(3,9)10/h6H,4-5,7H2,1-3H3. The van der Waals surface area contributed by atoms with Gasteiger partial charge in [-0.3, -0.25) is 0 Å². The van der Waals surface area contributed by atoms with Gasteiger partial charge in [-0.1, -0.05) is 6.92 Å². The summed E-state index contributed by atoms with van der Waals surface area (Å²) in [6, 6.07) is -0.0648. The first-order chi connectivity index (χ1) is 4.93. The van der Waals surface area contributed by atoms with Crippen LogP contribution in [0.25, 0.3) is 0 Å². The van der Waals surface area contributed by atoms with E-state index in [4.69, 9.17) is 5.73 Å². The maximum Gasteiger partial charge on any atom is 0.211 e. The Morgan fingerprint density at radius 1 is 1.55 bits per heavy atom. The van der Waals surface area contributed by atoms with Gasteiger partial charge in [0.25, 0.3) is 0 Å². The number of sulfonamides is 1. The molecule has 0 saturated heterocycles. The largest absolute Gasteiger partial charge is 0.329 e. The number of rotatable bonds is 4. The second-order valence-electron chi connectivity index (χ2n) is 2.58. The summed E-state index contributed by atoms with van der Waals surface area (Å²) in [4.78, 5) is 0. The van der Waals surface area contributed by atoms with Crippen LogP contribution in [0.1, 0.15) is 13.3 Å². The van der Waals surface area contributed by atoms with Gasteiger partial charge < -0.3 is 5.73 Å². The monoisotopic (exact) mass is 180 g/mol. The molecule has 0 fully saturated rings. The summed E-state index contributed by atoms with van der Waals surface area (Å²) in [7, 11) is -1.52. The van der Waals surface area contributed by atoms with Crippen LogP contribution in [0.2, 0.25) is 0 Å². The van der Waals surface area contributed by atoms with Gasteiger partial charge in [0.2, 0.25) is 10.0 Å². The van der Waals surface area contributed by atoms with Crippen molar-refractivity contribution in [2.45, 2.75) is 19.4 Å². The molecule has 0 aliphatic rings. The van der Waals surface area contributed by atoms with Crippen LogP contribution in [0.5, 0.6) is 0 Å². The van der Waals surface area contributed by atoms with Crippen LogP contribution >= 0.6 is 0 Å². The van der Waals surface area contributed by atoms with Crippen LogP contribution < -0.4 is 5.73 Å². The summed E-state index contributed by atoms with van der Waals surface area (Å²) >= 11 is 0. The van der Waals surface area contributed by atoms with E-state index in [1.807, 2.05) is 6.92 Å². The molecule has 0 aromatic heterocycles. The highest BCUT2D eigenvalue weighted by Crippen LogP contribution is 2.03. The van der Waals surface area contributed by atoms with Crippen LogP contribution in [0.4, 0.5) is 0 Å². The normalized spacial score (nSPS) is 15.4. The van der Waals surface area contributed by atoms with Crippen LogP contribution in [-0.2, 0) is 10.0 Å². The fourth-order valence-electron chi connectivity index (χ4n) is 0.843. The SMILES string of the molecule is CCC(CN)N(C)S(C)(=O)=O. The molecule has 0 heterocycles. The molecular weight excluding hydrogens is 164 g/mol. The molecule has 0 radical (unpaired) electrons. The Balaban J connectivity index is 4.33. The molecule has 1 unspecified atom stereocenters. The van der Waals surface area contributed by atoms with Crippen molar-refractivity contribution in [2.75, 3.05) is 19.8 Å². The first kappa shape index (κ1) is 10.9. The van der Waals surface area contributed by atoms with Crippen molar-refractivity contribution in [3.8, 4) is 0 Å². The molecule has 0 aliphatic heterocycles. The van der Waals surface area contributed by atoms with E-state index in [-0.39, 0.29) is 6.04 Å².